The number of nitrogens with zero attached hydrogens (tertiary/aromatic N) is 1. The first kappa shape index (κ1) is 17.3. The van der Waals surface area contributed by atoms with Crippen LogP contribution in [-0.2, 0) is 11.3 Å². The molecule has 0 bridgehead atoms. The fraction of sp³-hybridized carbons (Fsp3) is 0.562. The summed E-state index contributed by atoms with van der Waals surface area (Å²) in [5.74, 6) is 0.744. The van der Waals surface area contributed by atoms with Crippen molar-refractivity contribution in [2.24, 2.45) is 0 Å². The number of carboxylic acid groups (broad SMARTS) is 1. The van der Waals surface area contributed by atoms with Gasteiger partial charge >= 0.3 is 5.97 Å². The van der Waals surface area contributed by atoms with Gasteiger partial charge in [0.15, 0.2) is 11.5 Å². The van der Waals surface area contributed by atoms with Gasteiger partial charge in [0.05, 0.1) is 14.2 Å². The van der Waals surface area contributed by atoms with Gasteiger partial charge in [0.2, 0.25) is 0 Å². The normalized spacial score (nSPS) is 10.7. The topological polar surface area (TPSA) is 59.0 Å². The van der Waals surface area contributed by atoms with Crippen LogP contribution in [0.15, 0.2) is 12.1 Å². The Hall–Kier alpha value is -1.75. The molecule has 0 amide bonds. The SMILES string of the molecule is COc1cc(C)c(CN(C)CCCCC(=O)O)cc1OC. The minimum atomic E-state index is -0.728. The fourth-order valence-corrected chi connectivity index (χ4v) is 2.22. The Kier molecular flexibility index (Phi) is 7.02. The minimum absolute atomic E-state index is 0.239. The summed E-state index contributed by atoms with van der Waals surface area (Å²) in [6.07, 6.45) is 1.84. The molecule has 0 aromatic heterocycles. The summed E-state index contributed by atoms with van der Waals surface area (Å²) < 4.78 is 10.6. The Balaban J connectivity index is 2.59. The van der Waals surface area contributed by atoms with Crippen molar-refractivity contribution in [1.82, 2.24) is 4.90 Å². The largest absolute Gasteiger partial charge is 0.493 e. The molecule has 0 fully saturated rings. The third kappa shape index (κ3) is 5.63. The smallest absolute Gasteiger partial charge is 0.303 e. The second-order valence-corrected chi connectivity index (χ2v) is 5.22. The van der Waals surface area contributed by atoms with Crippen LogP contribution in [0.25, 0.3) is 0 Å². The molecule has 0 spiro atoms. The molecular formula is C16H25NO4. The van der Waals surface area contributed by atoms with Crippen molar-refractivity contribution in [3.8, 4) is 11.5 Å². The van der Waals surface area contributed by atoms with Crippen LogP contribution in [-0.4, -0.2) is 43.8 Å². The van der Waals surface area contributed by atoms with Gasteiger partial charge in [-0.15, -0.1) is 0 Å². The molecule has 0 aliphatic heterocycles. The first-order valence-corrected chi connectivity index (χ1v) is 7.09. The molecule has 21 heavy (non-hydrogen) atoms. The summed E-state index contributed by atoms with van der Waals surface area (Å²) in [4.78, 5) is 12.7. The molecule has 118 valence electrons. The van der Waals surface area contributed by atoms with Crippen LogP contribution in [0.5, 0.6) is 11.5 Å². The van der Waals surface area contributed by atoms with Crippen molar-refractivity contribution in [2.45, 2.75) is 32.7 Å². The lowest BCUT2D eigenvalue weighted by molar-refractivity contribution is -0.137. The first-order chi connectivity index (χ1) is 9.97. The number of aliphatic carboxylic acids is 1. The molecule has 0 atom stereocenters. The number of methoxy groups -OCH3 is 2. The lowest BCUT2D eigenvalue weighted by Gasteiger charge is -2.19. The second-order valence-electron chi connectivity index (χ2n) is 5.22. The van der Waals surface area contributed by atoms with E-state index in [1.54, 1.807) is 14.2 Å². The van der Waals surface area contributed by atoms with E-state index in [1.807, 2.05) is 19.2 Å². The Bertz CT molecular complexity index is 474. The number of carboxylic acids is 1. The first-order valence-electron chi connectivity index (χ1n) is 7.09. The summed E-state index contributed by atoms with van der Waals surface area (Å²) in [5.41, 5.74) is 2.35. The van der Waals surface area contributed by atoms with Crippen LogP contribution >= 0.6 is 0 Å². The summed E-state index contributed by atoms with van der Waals surface area (Å²) in [6.45, 7) is 3.73. The number of rotatable bonds is 9. The predicted molar refractivity (Wildman–Crippen MR) is 82.1 cm³/mol. The highest BCUT2D eigenvalue weighted by Crippen LogP contribution is 2.30. The van der Waals surface area contributed by atoms with E-state index in [1.165, 1.54) is 5.56 Å². The molecular weight excluding hydrogens is 270 g/mol. The summed E-state index contributed by atoms with van der Waals surface area (Å²) in [7, 11) is 5.30. The molecule has 5 heteroatoms. The molecule has 1 aromatic carbocycles. The van der Waals surface area contributed by atoms with Gasteiger partial charge in [0.25, 0.3) is 0 Å². The maximum Gasteiger partial charge on any atom is 0.303 e. The van der Waals surface area contributed by atoms with Crippen molar-refractivity contribution in [2.75, 3.05) is 27.8 Å². The lowest BCUT2D eigenvalue weighted by atomic mass is 10.1. The molecule has 5 nitrogen and oxygen atoms in total. The summed E-state index contributed by atoms with van der Waals surface area (Å²) in [5, 5.41) is 8.62. The lowest BCUT2D eigenvalue weighted by Crippen LogP contribution is -2.20. The zero-order valence-electron chi connectivity index (χ0n) is 13.3. The van der Waals surface area contributed by atoms with Crippen molar-refractivity contribution in [3.05, 3.63) is 23.3 Å². The van der Waals surface area contributed by atoms with Crippen LogP contribution < -0.4 is 9.47 Å². The van der Waals surface area contributed by atoms with Crippen molar-refractivity contribution in [3.63, 3.8) is 0 Å². The highest BCUT2D eigenvalue weighted by atomic mass is 16.5. The van der Waals surface area contributed by atoms with E-state index in [2.05, 4.69) is 11.8 Å². The van der Waals surface area contributed by atoms with Gasteiger partial charge in [-0.25, -0.2) is 0 Å². The molecule has 0 saturated heterocycles. The van der Waals surface area contributed by atoms with Gasteiger partial charge in [-0.1, -0.05) is 0 Å². The number of hydrogen-bond donors (Lipinski definition) is 1. The molecule has 0 unspecified atom stereocenters. The summed E-state index contributed by atoms with van der Waals surface area (Å²) in [6, 6.07) is 3.98. The Morgan fingerprint density at radius 2 is 1.81 bits per heavy atom. The van der Waals surface area contributed by atoms with Crippen LogP contribution in [0.2, 0.25) is 0 Å². The van der Waals surface area contributed by atoms with E-state index in [9.17, 15) is 4.79 Å². The monoisotopic (exact) mass is 295 g/mol. The van der Waals surface area contributed by atoms with E-state index in [0.717, 1.165) is 36.6 Å². The van der Waals surface area contributed by atoms with Crippen molar-refractivity contribution >= 4 is 5.97 Å². The van der Waals surface area contributed by atoms with Crippen LogP contribution in [0.4, 0.5) is 0 Å². The Morgan fingerprint density at radius 1 is 1.19 bits per heavy atom. The number of benzene rings is 1. The van der Waals surface area contributed by atoms with Crippen molar-refractivity contribution < 1.29 is 19.4 Å². The fourth-order valence-electron chi connectivity index (χ4n) is 2.22. The molecule has 0 aliphatic rings. The molecule has 1 aromatic rings. The van der Waals surface area contributed by atoms with Gasteiger partial charge in [-0.2, -0.15) is 0 Å². The van der Waals surface area contributed by atoms with E-state index in [4.69, 9.17) is 14.6 Å². The highest BCUT2D eigenvalue weighted by molar-refractivity contribution is 5.66. The predicted octanol–water partition coefficient (Wildman–Crippen LogP) is 2.70. The third-order valence-electron chi connectivity index (χ3n) is 3.46. The maximum absolute atomic E-state index is 10.5. The number of hydrogen-bond acceptors (Lipinski definition) is 4. The standard InChI is InChI=1S/C16H25NO4/c1-12-9-14(20-3)15(21-4)10-13(12)11-17(2)8-6-5-7-16(18)19/h9-10H,5-8,11H2,1-4H3,(H,18,19). The molecule has 1 rings (SSSR count). The van der Waals surface area contributed by atoms with Gasteiger partial charge in [0, 0.05) is 13.0 Å². The van der Waals surface area contributed by atoms with Crippen LogP contribution in [0.1, 0.15) is 30.4 Å². The van der Waals surface area contributed by atoms with Gasteiger partial charge in [0.1, 0.15) is 0 Å². The van der Waals surface area contributed by atoms with Gasteiger partial charge in [-0.05, 0) is 56.6 Å². The zero-order chi connectivity index (χ0) is 15.8. The maximum atomic E-state index is 10.5. The molecule has 1 N–H and O–H groups in total. The average molecular weight is 295 g/mol. The van der Waals surface area contributed by atoms with Crippen LogP contribution in [0.3, 0.4) is 0 Å². The second kappa shape index (κ2) is 8.52. The van der Waals surface area contributed by atoms with E-state index in [0.29, 0.717) is 6.42 Å². The van der Waals surface area contributed by atoms with Gasteiger partial charge < -0.3 is 19.5 Å². The van der Waals surface area contributed by atoms with Crippen molar-refractivity contribution in [1.29, 1.82) is 0 Å². The zero-order valence-corrected chi connectivity index (χ0v) is 13.3. The van der Waals surface area contributed by atoms with Gasteiger partial charge in [-0.3, -0.25) is 4.79 Å². The molecule has 0 aliphatic carbocycles. The highest BCUT2D eigenvalue weighted by Gasteiger charge is 2.10. The average Bonchev–Trinajstić information content (AvgIpc) is 2.45. The summed E-state index contributed by atoms with van der Waals surface area (Å²) >= 11 is 0. The number of ether oxygens (including phenoxy) is 2. The van der Waals surface area contributed by atoms with E-state index >= 15 is 0 Å². The molecule has 0 radical (unpaired) electrons. The molecule has 0 heterocycles. The minimum Gasteiger partial charge on any atom is -0.493 e. The van der Waals surface area contributed by atoms with E-state index < -0.39 is 5.97 Å². The quantitative estimate of drug-likeness (QED) is 0.710. The van der Waals surface area contributed by atoms with E-state index in [-0.39, 0.29) is 6.42 Å². The Morgan fingerprint density at radius 3 is 2.38 bits per heavy atom. The third-order valence-corrected chi connectivity index (χ3v) is 3.46. The number of aryl methyl sites for hydroxylation is 1. The van der Waals surface area contributed by atoms with Crippen LogP contribution in [0, 0.1) is 6.92 Å². The number of unbranched alkanes of at least 4 members (excludes halogenated alkanes) is 1. The number of carbonyl (C=O) groups is 1. The Labute approximate surface area is 126 Å². The molecule has 0 saturated carbocycles.